The van der Waals surface area contributed by atoms with Gasteiger partial charge in [0.25, 0.3) is 11.8 Å². The van der Waals surface area contributed by atoms with Crippen LogP contribution < -0.4 is 15.1 Å². The number of carbonyl (C=O) groups is 1. The molecule has 0 radical (unpaired) electrons. The number of pyridine rings is 2. The predicted octanol–water partition coefficient (Wildman–Crippen LogP) is 6.99. The molecule has 13 nitrogen and oxygen atoms in total. The Labute approximate surface area is 322 Å². The Morgan fingerprint density at radius 1 is 0.661 bits per heavy atom. The van der Waals surface area contributed by atoms with E-state index in [9.17, 15) is 13.6 Å². The minimum absolute atomic E-state index is 0.231. The van der Waals surface area contributed by atoms with E-state index < -0.39 is 0 Å². The molecule has 0 spiro atoms. The number of Topliss-reactive ketones (excluding diaryl/α,β-unsaturated/α-hetero) is 1. The number of aryl methyl sites for hydroxylation is 4. The number of carbonyl (C=O) groups excluding carboxylic acids is 1. The Morgan fingerprint density at radius 2 is 1.18 bits per heavy atom. The summed E-state index contributed by atoms with van der Waals surface area (Å²) >= 11 is 0. The highest BCUT2D eigenvalue weighted by atomic mass is 19.1. The zero-order chi connectivity index (χ0) is 38.9. The van der Waals surface area contributed by atoms with E-state index >= 15 is 0 Å². The van der Waals surface area contributed by atoms with Crippen molar-refractivity contribution in [3.8, 4) is 22.9 Å². The van der Waals surface area contributed by atoms with E-state index in [1.165, 1.54) is 18.6 Å². The van der Waals surface area contributed by atoms with Crippen molar-refractivity contribution in [1.82, 2.24) is 35.6 Å². The molecule has 4 aromatic heterocycles. The summed E-state index contributed by atoms with van der Waals surface area (Å²) in [4.78, 5) is 33.8. The van der Waals surface area contributed by atoms with Crippen LogP contribution in [0, 0.1) is 39.3 Å². The molecule has 3 aliphatic rings. The lowest BCUT2D eigenvalue weighted by molar-refractivity contribution is -0.119. The molecule has 3 saturated heterocycles. The maximum Gasteiger partial charge on any atom is 0.261 e. The summed E-state index contributed by atoms with van der Waals surface area (Å²) in [7, 11) is 0. The fourth-order valence-corrected chi connectivity index (χ4v) is 7.79. The number of halogens is 2. The number of ether oxygens (including phenoxy) is 1. The summed E-state index contributed by atoms with van der Waals surface area (Å²) in [6, 6.07) is 11.5. The minimum atomic E-state index is -0.363. The second kappa shape index (κ2) is 16.0. The lowest BCUT2D eigenvalue weighted by atomic mass is 10.0. The number of rotatable bonds is 6. The standard InChI is InChI=1S/C23H28FN5O2.C18H17FN4O2/c1-14-10-16-12-19(23-25-15(2)28-31-23)22(27-21(16)20(24)11-14)29-7-5-17(6-8-29)26-18-4-3-9-30-13-18;1-10-7-12-9-14(18-20-11(2)22-25-18)17(21-16(12)15(19)8-10)23-5-3-13(24)4-6-23/h10-12,17-18,26H,3-9,13H2,1-2H3;7-9H,3-6H2,1-2H3/t18-;/m0./s1. The van der Waals surface area contributed by atoms with Gasteiger partial charge in [-0.1, -0.05) is 10.3 Å². The topological polar surface area (TPSA) is 148 Å². The first-order valence-electron chi connectivity index (χ1n) is 19.3. The van der Waals surface area contributed by atoms with Crippen molar-refractivity contribution in [2.45, 2.75) is 78.3 Å². The van der Waals surface area contributed by atoms with Crippen LogP contribution in [-0.4, -0.2) is 87.5 Å². The number of anilines is 2. The Bertz CT molecular complexity index is 2370. The molecule has 3 aliphatic heterocycles. The smallest absolute Gasteiger partial charge is 0.261 e. The molecule has 0 amide bonds. The Hall–Kier alpha value is -5.41. The second-order valence-corrected chi connectivity index (χ2v) is 15.0. The highest BCUT2D eigenvalue weighted by molar-refractivity contribution is 5.90. The maximum absolute atomic E-state index is 14.7. The number of benzene rings is 2. The summed E-state index contributed by atoms with van der Waals surface area (Å²) in [5.74, 6) is 2.69. The van der Waals surface area contributed by atoms with Crippen LogP contribution in [0.1, 0.15) is 61.3 Å². The number of fused-ring (bicyclic) bond motifs is 2. The van der Waals surface area contributed by atoms with Crippen molar-refractivity contribution in [3.05, 3.63) is 70.8 Å². The van der Waals surface area contributed by atoms with E-state index in [2.05, 4.69) is 35.5 Å². The second-order valence-electron chi connectivity index (χ2n) is 15.0. The van der Waals surface area contributed by atoms with E-state index in [4.69, 9.17) is 18.8 Å². The van der Waals surface area contributed by atoms with Crippen LogP contribution in [0.25, 0.3) is 44.7 Å². The zero-order valence-corrected chi connectivity index (χ0v) is 32.1. The predicted molar refractivity (Wildman–Crippen MR) is 208 cm³/mol. The van der Waals surface area contributed by atoms with Crippen molar-refractivity contribution in [2.75, 3.05) is 49.2 Å². The lowest BCUT2D eigenvalue weighted by Gasteiger charge is -2.36. The van der Waals surface area contributed by atoms with Gasteiger partial charge in [0.15, 0.2) is 11.6 Å². The van der Waals surface area contributed by atoms with Crippen LogP contribution in [-0.2, 0) is 9.53 Å². The van der Waals surface area contributed by atoms with Crippen molar-refractivity contribution in [1.29, 1.82) is 0 Å². The molecular formula is C41H45F2N9O4. The molecule has 6 aromatic rings. The SMILES string of the molecule is Cc1cc(F)c2nc(N3CCC(=O)CC3)c(-c3nc(C)no3)cc2c1.Cc1cc(F)c2nc(N3CCC(N[C@H]4CCCOC4)CC3)c(-c3nc(C)no3)cc2c1. The first-order valence-corrected chi connectivity index (χ1v) is 19.3. The molecule has 3 fully saturated rings. The molecule has 1 N–H and O–H groups in total. The summed E-state index contributed by atoms with van der Waals surface area (Å²) in [6.07, 6.45) is 5.20. The fraction of sp³-hybridized carbons (Fsp3) is 0.439. The molecule has 0 bridgehead atoms. The van der Waals surface area contributed by atoms with Gasteiger partial charge in [0.05, 0.1) is 17.7 Å². The van der Waals surface area contributed by atoms with Crippen molar-refractivity contribution in [3.63, 3.8) is 0 Å². The van der Waals surface area contributed by atoms with E-state index in [0.29, 0.717) is 95.1 Å². The van der Waals surface area contributed by atoms with Crippen molar-refractivity contribution < 1.29 is 27.4 Å². The number of piperidine rings is 2. The van der Waals surface area contributed by atoms with Crippen LogP contribution in [0.5, 0.6) is 0 Å². The highest BCUT2D eigenvalue weighted by Crippen LogP contribution is 2.36. The van der Waals surface area contributed by atoms with Gasteiger partial charge in [-0.3, -0.25) is 4.79 Å². The summed E-state index contributed by atoms with van der Waals surface area (Å²) < 4.78 is 45.5. The number of nitrogens with zero attached hydrogens (tertiary/aromatic N) is 8. The summed E-state index contributed by atoms with van der Waals surface area (Å²) in [6.45, 7) is 11.7. The van der Waals surface area contributed by atoms with Crippen molar-refractivity contribution >= 4 is 39.2 Å². The molecule has 292 valence electrons. The third kappa shape index (κ3) is 8.10. The molecule has 0 unspecified atom stereocenters. The van der Waals surface area contributed by atoms with Gasteiger partial charge in [-0.25, -0.2) is 18.7 Å². The highest BCUT2D eigenvalue weighted by Gasteiger charge is 2.28. The average Bonchev–Trinajstić information content (AvgIpc) is 3.83. The Kier molecular flexibility index (Phi) is 10.7. The first kappa shape index (κ1) is 37.5. The van der Waals surface area contributed by atoms with Gasteiger partial charge in [0.1, 0.15) is 40.1 Å². The van der Waals surface area contributed by atoms with Gasteiger partial charge in [-0.2, -0.15) is 9.97 Å². The lowest BCUT2D eigenvalue weighted by Crippen LogP contribution is -2.48. The van der Waals surface area contributed by atoms with Crippen LogP contribution in [0.4, 0.5) is 20.4 Å². The number of hydrogen-bond donors (Lipinski definition) is 1. The molecule has 9 rings (SSSR count). The van der Waals surface area contributed by atoms with E-state index in [1.54, 1.807) is 13.8 Å². The van der Waals surface area contributed by atoms with Crippen LogP contribution in [0.15, 0.2) is 45.4 Å². The molecule has 56 heavy (non-hydrogen) atoms. The number of nitrogens with one attached hydrogen (secondary N) is 1. The number of ketones is 1. The largest absolute Gasteiger partial charge is 0.380 e. The minimum Gasteiger partial charge on any atom is -0.380 e. The third-order valence-corrected chi connectivity index (χ3v) is 10.6. The third-order valence-electron chi connectivity index (χ3n) is 10.6. The number of aromatic nitrogens is 6. The average molecular weight is 766 g/mol. The van der Waals surface area contributed by atoms with Gasteiger partial charge in [-0.15, -0.1) is 0 Å². The monoisotopic (exact) mass is 765 g/mol. The van der Waals surface area contributed by atoms with Crippen LogP contribution in [0.3, 0.4) is 0 Å². The maximum atomic E-state index is 14.7. The summed E-state index contributed by atoms with van der Waals surface area (Å²) in [5.41, 5.74) is 3.76. The van der Waals surface area contributed by atoms with Crippen LogP contribution >= 0.6 is 0 Å². The first-order chi connectivity index (χ1) is 27.1. The molecule has 15 heteroatoms. The molecule has 0 aliphatic carbocycles. The molecule has 0 saturated carbocycles. The molecule has 2 aromatic carbocycles. The summed E-state index contributed by atoms with van der Waals surface area (Å²) in [5, 5.41) is 13.0. The fourth-order valence-electron chi connectivity index (χ4n) is 7.79. The zero-order valence-electron chi connectivity index (χ0n) is 32.1. The van der Waals surface area contributed by atoms with Gasteiger partial charge >= 0.3 is 0 Å². The van der Waals surface area contributed by atoms with Crippen LogP contribution in [0.2, 0.25) is 0 Å². The molecular weight excluding hydrogens is 721 g/mol. The molecule has 7 heterocycles. The van der Waals surface area contributed by atoms with Gasteiger partial charge in [0, 0.05) is 68.5 Å². The van der Waals surface area contributed by atoms with E-state index in [1.807, 2.05) is 43.0 Å². The normalized spacial score (nSPS) is 18.1. The number of hydrogen-bond acceptors (Lipinski definition) is 13. The quantitative estimate of drug-likeness (QED) is 0.186. The Balaban J connectivity index is 0.000000161. The van der Waals surface area contributed by atoms with Gasteiger partial charge < -0.3 is 28.9 Å². The molecule has 1 atom stereocenters. The Morgan fingerprint density at radius 3 is 1.64 bits per heavy atom. The van der Waals surface area contributed by atoms with Gasteiger partial charge in [-0.05, 0) is 101 Å². The van der Waals surface area contributed by atoms with Gasteiger partial charge in [0.2, 0.25) is 0 Å². The van der Waals surface area contributed by atoms with E-state index in [-0.39, 0.29) is 17.4 Å². The van der Waals surface area contributed by atoms with E-state index in [0.717, 1.165) is 67.6 Å². The van der Waals surface area contributed by atoms with Crippen molar-refractivity contribution in [2.24, 2.45) is 0 Å².